The van der Waals surface area contributed by atoms with Crippen LogP contribution in [0.25, 0.3) is 0 Å². The molecule has 0 bridgehead atoms. The molecule has 2 aliphatic carbocycles. The standard InChI is InChI=1S/C25H37NO2S/c1-18-5-4-6-19(13-18)15-22(27)7-8-23-24-16-20(14-21(24)17-25(23)28)9-11-29-12-10-26(2)3/h4-8,13-14,21-25,27-28H,9-12,15-17H2,1-3H3/t21-,22-,23+,24-,25+/m0/s1. The van der Waals surface area contributed by atoms with Crippen LogP contribution in [0.1, 0.15) is 30.4 Å². The zero-order valence-electron chi connectivity index (χ0n) is 18.1. The van der Waals surface area contributed by atoms with Crippen molar-refractivity contribution in [2.75, 3.05) is 32.1 Å². The molecule has 0 heterocycles. The Morgan fingerprint density at radius 3 is 2.86 bits per heavy atom. The molecule has 4 heteroatoms. The van der Waals surface area contributed by atoms with Gasteiger partial charge in [0.2, 0.25) is 0 Å². The van der Waals surface area contributed by atoms with E-state index >= 15 is 0 Å². The number of aryl methyl sites for hydroxylation is 1. The number of fused-ring (bicyclic) bond motifs is 1. The summed E-state index contributed by atoms with van der Waals surface area (Å²) < 4.78 is 0. The van der Waals surface area contributed by atoms with Crippen molar-refractivity contribution in [2.45, 2.75) is 44.8 Å². The highest BCUT2D eigenvalue weighted by atomic mass is 32.2. The van der Waals surface area contributed by atoms with Crippen molar-refractivity contribution in [1.82, 2.24) is 4.90 Å². The molecule has 0 aromatic heterocycles. The lowest BCUT2D eigenvalue weighted by Gasteiger charge is -2.19. The molecule has 1 aromatic carbocycles. The number of hydrogen-bond donors (Lipinski definition) is 2. The van der Waals surface area contributed by atoms with Crippen LogP contribution in [0.5, 0.6) is 0 Å². The first-order chi connectivity index (χ1) is 13.9. The molecule has 2 N–H and O–H groups in total. The van der Waals surface area contributed by atoms with Gasteiger partial charge in [0.15, 0.2) is 0 Å². The molecular formula is C25H37NO2S. The Morgan fingerprint density at radius 1 is 1.28 bits per heavy atom. The first kappa shape index (κ1) is 22.6. The highest BCUT2D eigenvalue weighted by molar-refractivity contribution is 7.99. The zero-order chi connectivity index (χ0) is 20.8. The molecule has 0 aliphatic heterocycles. The van der Waals surface area contributed by atoms with Crippen molar-refractivity contribution < 1.29 is 10.2 Å². The molecule has 1 fully saturated rings. The van der Waals surface area contributed by atoms with Gasteiger partial charge in [0.1, 0.15) is 0 Å². The monoisotopic (exact) mass is 415 g/mol. The fraction of sp³-hybridized carbons (Fsp3) is 0.600. The molecule has 3 rings (SSSR count). The SMILES string of the molecule is Cc1cccc(C[C@@H](O)C=C[C@@H]2[C@H]3CC(CCSCCN(C)C)=C[C@H]3C[C@H]2O)c1. The van der Waals surface area contributed by atoms with E-state index < -0.39 is 6.10 Å². The highest BCUT2D eigenvalue weighted by Gasteiger charge is 2.43. The minimum Gasteiger partial charge on any atom is -0.392 e. The van der Waals surface area contributed by atoms with E-state index in [0.717, 1.165) is 24.9 Å². The summed E-state index contributed by atoms with van der Waals surface area (Å²) in [6, 6.07) is 8.30. The lowest BCUT2D eigenvalue weighted by atomic mass is 9.88. The van der Waals surface area contributed by atoms with Gasteiger partial charge in [-0.3, -0.25) is 0 Å². The van der Waals surface area contributed by atoms with Crippen molar-refractivity contribution in [3.05, 3.63) is 59.2 Å². The molecule has 0 saturated heterocycles. The maximum absolute atomic E-state index is 10.5. The van der Waals surface area contributed by atoms with E-state index in [1.807, 2.05) is 23.9 Å². The Kier molecular flexibility index (Phi) is 8.43. The summed E-state index contributed by atoms with van der Waals surface area (Å²) in [5, 5.41) is 21.0. The Labute approximate surface area is 180 Å². The molecular weight excluding hydrogens is 378 g/mol. The van der Waals surface area contributed by atoms with Crippen LogP contribution in [0.3, 0.4) is 0 Å². The predicted molar refractivity (Wildman–Crippen MR) is 124 cm³/mol. The number of allylic oxidation sites excluding steroid dienone is 2. The summed E-state index contributed by atoms with van der Waals surface area (Å²) in [4.78, 5) is 2.23. The quantitative estimate of drug-likeness (QED) is 0.446. The summed E-state index contributed by atoms with van der Waals surface area (Å²) in [6.07, 6.45) is 9.45. The second kappa shape index (κ2) is 10.8. The van der Waals surface area contributed by atoms with Crippen molar-refractivity contribution >= 4 is 11.8 Å². The first-order valence-electron chi connectivity index (χ1n) is 10.9. The van der Waals surface area contributed by atoms with Gasteiger partial charge in [0.05, 0.1) is 12.2 Å². The Balaban J connectivity index is 1.47. The lowest BCUT2D eigenvalue weighted by molar-refractivity contribution is 0.140. The van der Waals surface area contributed by atoms with Gasteiger partial charge in [-0.25, -0.2) is 0 Å². The van der Waals surface area contributed by atoms with Crippen LogP contribution in [0.4, 0.5) is 0 Å². The fourth-order valence-corrected chi connectivity index (χ4v) is 5.85. The van der Waals surface area contributed by atoms with E-state index in [-0.39, 0.29) is 12.0 Å². The number of thioether (sulfide) groups is 1. The third kappa shape index (κ3) is 6.71. The van der Waals surface area contributed by atoms with Crippen molar-refractivity contribution in [3.63, 3.8) is 0 Å². The number of nitrogens with zero attached hydrogens (tertiary/aromatic N) is 1. The van der Waals surface area contributed by atoms with E-state index in [0.29, 0.717) is 18.3 Å². The third-order valence-electron chi connectivity index (χ3n) is 6.28. The maximum atomic E-state index is 10.5. The van der Waals surface area contributed by atoms with E-state index in [4.69, 9.17) is 0 Å². The van der Waals surface area contributed by atoms with E-state index in [2.05, 4.69) is 56.3 Å². The van der Waals surface area contributed by atoms with Crippen LogP contribution in [0, 0.1) is 24.7 Å². The van der Waals surface area contributed by atoms with Crippen molar-refractivity contribution in [2.24, 2.45) is 17.8 Å². The van der Waals surface area contributed by atoms with Gasteiger partial charge < -0.3 is 15.1 Å². The van der Waals surface area contributed by atoms with Crippen molar-refractivity contribution in [3.8, 4) is 0 Å². The van der Waals surface area contributed by atoms with Crippen LogP contribution in [0.15, 0.2) is 48.1 Å². The van der Waals surface area contributed by atoms with Crippen LogP contribution in [0.2, 0.25) is 0 Å². The normalized spacial score (nSPS) is 27.6. The largest absolute Gasteiger partial charge is 0.392 e. The first-order valence-corrected chi connectivity index (χ1v) is 12.1. The molecule has 2 aliphatic rings. The Morgan fingerprint density at radius 2 is 2.10 bits per heavy atom. The summed E-state index contributed by atoms with van der Waals surface area (Å²) in [5.41, 5.74) is 3.95. The van der Waals surface area contributed by atoms with Crippen LogP contribution in [-0.4, -0.2) is 59.5 Å². The van der Waals surface area contributed by atoms with Gasteiger partial charge in [0, 0.05) is 24.6 Å². The summed E-state index contributed by atoms with van der Waals surface area (Å²) in [5.74, 6) is 3.57. The Bertz CT molecular complexity index is 715. The maximum Gasteiger partial charge on any atom is 0.0761 e. The van der Waals surface area contributed by atoms with E-state index in [1.54, 1.807) is 5.57 Å². The molecule has 160 valence electrons. The second-order valence-corrected chi connectivity index (χ2v) is 10.3. The lowest BCUT2D eigenvalue weighted by Crippen LogP contribution is -2.18. The van der Waals surface area contributed by atoms with Gasteiger partial charge in [-0.1, -0.05) is 53.6 Å². The highest BCUT2D eigenvalue weighted by Crippen LogP contribution is 2.48. The van der Waals surface area contributed by atoms with Crippen LogP contribution < -0.4 is 0 Å². The number of aliphatic hydroxyl groups excluding tert-OH is 2. The predicted octanol–water partition coefficient (Wildman–Crippen LogP) is 4.08. The Hall–Kier alpha value is -1.07. The molecule has 0 radical (unpaired) electrons. The summed E-state index contributed by atoms with van der Waals surface area (Å²) in [7, 11) is 4.25. The molecule has 5 atom stereocenters. The minimum absolute atomic E-state index is 0.169. The summed E-state index contributed by atoms with van der Waals surface area (Å²) >= 11 is 2.03. The smallest absolute Gasteiger partial charge is 0.0761 e. The molecule has 3 nitrogen and oxygen atoms in total. The summed E-state index contributed by atoms with van der Waals surface area (Å²) in [6.45, 7) is 3.21. The number of benzene rings is 1. The van der Waals surface area contributed by atoms with Gasteiger partial charge >= 0.3 is 0 Å². The number of hydrogen-bond acceptors (Lipinski definition) is 4. The second-order valence-electron chi connectivity index (χ2n) is 9.05. The van der Waals surface area contributed by atoms with E-state index in [1.165, 1.54) is 23.5 Å². The average molecular weight is 416 g/mol. The van der Waals surface area contributed by atoms with Crippen LogP contribution in [-0.2, 0) is 6.42 Å². The van der Waals surface area contributed by atoms with E-state index in [9.17, 15) is 10.2 Å². The molecule has 0 unspecified atom stereocenters. The minimum atomic E-state index is -0.495. The van der Waals surface area contributed by atoms with Gasteiger partial charge in [0.25, 0.3) is 0 Å². The molecule has 1 saturated carbocycles. The fourth-order valence-electron chi connectivity index (χ4n) is 4.75. The molecule has 0 amide bonds. The van der Waals surface area contributed by atoms with Crippen molar-refractivity contribution in [1.29, 1.82) is 0 Å². The number of aliphatic hydroxyl groups is 2. The van der Waals surface area contributed by atoms with Gasteiger partial charge in [-0.2, -0.15) is 11.8 Å². The number of rotatable bonds is 10. The topological polar surface area (TPSA) is 43.7 Å². The molecule has 0 spiro atoms. The average Bonchev–Trinajstić information content (AvgIpc) is 3.16. The van der Waals surface area contributed by atoms with Crippen LogP contribution >= 0.6 is 11.8 Å². The zero-order valence-corrected chi connectivity index (χ0v) is 18.9. The molecule has 1 aromatic rings. The van der Waals surface area contributed by atoms with Gasteiger partial charge in [-0.05, 0) is 63.4 Å². The van der Waals surface area contributed by atoms with Gasteiger partial charge in [-0.15, -0.1) is 0 Å². The molecule has 29 heavy (non-hydrogen) atoms. The third-order valence-corrected chi connectivity index (χ3v) is 7.25.